The fourth-order valence-electron chi connectivity index (χ4n) is 1.71. The van der Waals surface area contributed by atoms with Crippen LogP contribution in [0.2, 0.25) is 39.3 Å². The molecule has 0 bridgehead atoms. The molecule has 2 rings (SSSR count). The number of allylic oxidation sites excluding steroid dienone is 8. The van der Waals surface area contributed by atoms with E-state index in [0.717, 1.165) is 0 Å². The number of rotatable bonds is 0. The fourth-order valence-corrected chi connectivity index (χ4v) is 1.71. The molecule has 28 heavy (non-hydrogen) atoms. The SMILES string of the molecule is C1=C\CC/C=C\CC/1.C1=C\CC/C=C\CC/1.C[Si](C)(C)O.C[Si](C)(C)O.[Rh].[Rh]. The molecular weight excluding hydrogens is 558 g/mol. The van der Waals surface area contributed by atoms with E-state index in [9.17, 15) is 0 Å². The summed E-state index contributed by atoms with van der Waals surface area (Å²) < 4.78 is 0. The van der Waals surface area contributed by atoms with Crippen molar-refractivity contribution in [1.29, 1.82) is 0 Å². The first-order valence-electron chi connectivity index (χ1n) is 10.0. The molecule has 0 saturated carbocycles. The second-order valence-corrected chi connectivity index (χ2v) is 17.2. The van der Waals surface area contributed by atoms with Gasteiger partial charge in [0.05, 0.1) is 0 Å². The van der Waals surface area contributed by atoms with Crippen LogP contribution in [0.1, 0.15) is 51.4 Å². The van der Waals surface area contributed by atoms with Crippen molar-refractivity contribution in [3.8, 4) is 0 Å². The van der Waals surface area contributed by atoms with Crippen LogP contribution in [0.5, 0.6) is 0 Å². The molecule has 0 heterocycles. The molecule has 2 nitrogen and oxygen atoms in total. The van der Waals surface area contributed by atoms with Gasteiger partial charge in [-0.15, -0.1) is 0 Å². The van der Waals surface area contributed by atoms with Crippen LogP contribution < -0.4 is 0 Å². The minimum atomic E-state index is -1.61. The van der Waals surface area contributed by atoms with Gasteiger partial charge in [-0.1, -0.05) is 48.6 Å². The second-order valence-electron chi connectivity index (χ2n) is 8.54. The molecule has 0 aromatic rings. The topological polar surface area (TPSA) is 40.5 Å². The Morgan fingerprint density at radius 1 is 0.393 bits per heavy atom. The van der Waals surface area contributed by atoms with Crippen LogP contribution in [0.4, 0.5) is 0 Å². The minimum absolute atomic E-state index is 0. The van der Waals surface area contributed by atoms with Crippen molar-refractivity contribution < 1.29 is 48.5 Å². The van der Waals surface area contributed by atoms with Crippen LogP contribution >= 0.6 is 0 Å². The summed E-state index contributed by atoms with van der Waals surface area (Å²) in [6.45, 7) is 11.3. The van der Waals surface area contributed by atoms with Crippen molar-refractivity contribution in [3.05, 3.63) is 48.6 Å². The molecule has 0 atom stereocenters. The van der Waals surface area contributed by atoms with E-state index in [4.69, 9.17) is 9.59 Å². The van der Waals surface area contributed by atoms with Crippen molar-refractivity contribution in [2.24, 2.45) is 0 Å². The van der Waals surface area contributed by atoms with Crippen LogP contribution in [0, 0.1) is 0 Å². The third kappa shape index (κ3) is 63.3. The summed E-state index contributed by atoms with van der Waals surface area (Å²) in [5.41, 5.74) is 0. The maximum Gasteiger partial charge on any atom is 0.179 e. The van der Waals surface area contributed by atoms with E-state index in [0.29, 0.717) is 0 Å². The van der Waals surface area contributed by atoms with Crippen LogP contribution in [-0.2, 0) is 39.0 Å². The summed E-state index contributed by atoms with van der Waals surface area (Å²) in [5, 5.41) is 0. The molecule has 0 fully saturated rings. The third-order valence-electron chi connectivity index (χ3n) is 2.67. The van der Waals surface area contributed by atoms with E-state index >= 15 is 0 Å². The van der Waals surface area contributed by atoms with E-state index in [1.54, 1.807) is 0 Å². The van der Waals surface area contributed by atoms with Crippen LogP contribution in [-0.4, -0.2) is 26.2 Å². The summed E-state index contributed by atoms with van der Waals surface area (Å²) in [4.78, 5) is 17.3. The van der Waals surface area contributed by atoms with Crippen molar-refractivity contribution in [3.63, 3.8) is 0 Å². The predicted molar refractivity (Wildman–Crippen MR) is 125 cm³/mol. The Hall–Kier alpha value is 0.561. The zero-order valence-corrected chi connectivity index (χ0v) is 24.1. The van der Waals surface area contributed by atoms with E-state index in [2.05, 4.69) is 48.6 Å². The molecule has 0 spiro atoms. The van der Waals surface area contributed by atoms with Gasteiger partial charge in [-0.2, -0.15) is 0 Å². The average Bonchev–Trinajstić information content (AvgIpc) is 2.32. The summed E-state index contributed by atoms with van der Waals surface area (Å²) in [6.07, 6.45) is 28.0. The van der Waals surface area contributed by atoms with Crippen LogP contribution in [0.25, 0.3) is 0 Å². The Bertz CT molecular complexity index is 317. The van der Waals surface area contributed by atoms with Gasteiger partial charge in [0.2, 0.25) is 0 Å². The maximum absolute atomic E-state index is 8.66. The van der Waals surface area contributed by atoms with Gasteiger partial charge in [0.25, 0.3) is 0 Å². The van der Waals surface area contributed by atoms with Gasteiger partial charge in [-0.05, 0) is 90.6 Å². The van der Waals surface area contributed by atoms with Gasteiger partial charge in [0.15, 0.2) is 16.6 Å². The van der Waals surface area contributed by atoms with Gasteiger partial charge in [0.1, 0.15) is 0 Å². The second kappa shape index (κ2) is 23.8. The predicted octanol–water partition coefficient (Wildman–Crippen LogP) is 6.97. The molecule has 2 N–H and O–H groups in total. The molecule has 0 aromatic heterocycles. The average molecular weight is 603 g/mol. The van der Waals surface area contributed by atoms with E-state index < -0.39 is 16.6 Å². The molecule has 0 aromatic carbocycles. The summed E-state index contributed by atoms with van der Waals surface area (Å²) >= 11 is 0. The Kier molecular flexibility index (Phi) is 30.6. The zero-order chi connectivity index (χ0) is 20.3. The standard InChI is InChI=1S/2C8H12.2C3H10OSi.2Rh/c2*1-2-4-6-8-7-5-3-1;2*1-5(2,3)4;;/h2*1-2,7-8H,3-6H2;2*4H,1-3H3;;/b2*2-1-,8-7-;;;;. The van der Waals surface area contributed by atoms with Gasteiger partial charge in [-0.3, -0.25) is 0 Å². The van der Waals surface area contributed by atoms with Crippen molar-refractivity contribution >= 4 is 16.6 Å². The van der Waals surface area contributed by atoms with Crippen molar-refractivity contribution in [1.82, 2.24) is 0 Å². The molecular formula is C22H44O2Rh2Si2. The Labute approximate surface area is 203 Å². The molecule has 170 valence electrons. The van der Waals surface area contributed by atoms with Gasteiger partial charge >= 0.3 is 0 Å². The molecule has 0 saturated heterocycles. The molecule has 2 aliphatic rings. The first kappa shape index (κ1) is 36.0. The van der Waals surface area contributed by atoms with Gasteiger partial charge in [0, 0.05) is 39.0 Å². The molecule has 2 aliphatic carbocycles. The van der Waals surface area contributed by atoms with Crippen molar-refractivity contribution in [2.75, 3.05) is 0 Å². The van der Waals surface area contributed by atoms with Crippen LogP contribution in [0.3, 0.4) is 0 Å². The van der Waals surface area contributed by atoms with E-state index in [1.165, 1.54) is 51.4 Å². The van der Waals surface area contributed by atoms with Gasteiger partial charge in [-0.25, -0.2) is 0 Å². The molecule has 6 heteroatoms. The molecule has 0 unspecified atom stereocenters. The molecule has 0 amide bonds. The van der Waals surface area contributed by atoms with E-state index in [1.807, 2.05) is 39.3 Å². The Morgan fingerprint density at radius 3 is 0.536 bits per heavy atom. The van der Waals surface area contributed by atoms with Crippen LogP contribution in [0.15, 0.2) is 48.6 Å². The Morgan fingerprint density at radius 2 is 0.464 bits per heavy atom. The summed E-state index contributed by atoms with van der Waals surface area (Å²) in [6, 6.07) is 0. The minimum Gasteiger partial charge on any atom is -0.433 e. The maximum atomic E-state index is 8.66. The monoisotopic (exact) mass is 602 g/mol. The smallest absolute Gasteiger partial charge is 0.179 e. The quantitative estimate of drug-likeness (QED) is 0.232. The summed E-state index contributed by atoms with van der Waals surface area (Å²) in [7, 11) is -3.22. The first-order valence-corrected chi connectivity index (χ1v) is 16.9. The Balaban J connectivity index is -0.000000138. The third-order valence-corrected chi connectivity index (χ3v) is 2.67. The van der Waals surface area contributed by atoms with Gasteiger partial charge < -0.3 is 9.59 Å². The largest absolute Gasteiger partial charge is 0.433 e. The molecule has 2 radical (unpaired) electrons. The summed E-state index contributed by atoms with van der Waals surface area (Å²) in [5.74, 6) is 0. The van der Waals surface area contributed by atoms with Crippen molar-refractivity contribution in [2.45, 2.75) is 90.6 Å². The normalized spacial score (nSPS) is 20.3. The van der Waals surface area contributed by atoms with E-state index in [-0.39, 0.29) is 39.0 Å². The number of hydrogen-bond donors (Lipinski definition) is 2. The number of hydrogen-bond acceptors (Lipinski definition) is 2. The first-order chi connectivity index (χ1) is 12.0. The molecule has 0 aliphatic heterocycles. The zero-order valence-electron chi connectivity index (χ0n) is 18.8. The fraction of sp³-hybridized carbons (Fsp3) is 0.636.